The summed E-state index contributed by atoms with van der Waals surface area (Å²) in [5.41, 5.74) is -2.74. The van der Waals surface area contributed by atoms with E-state index in [1.165, 1.54) is 24.3 Å². The van der Waals surface area contributed by atoms with Crippen LogP contribution in [-0.2, 0) is 16.2 Å². The fourth-order valence-corrected chi connectivity index (χ4v) is 4.27. The van der Waals surface area contributed by atoms with Crippen molar-refractivity contribution in [2.24, 2.45) is 0 Å². The molecule has 2 heterocycles. The number of carboxylic acid groups (broad SMARTS) is 1. The monoisotopic (exact) mass is 493 g/mol. The molecule has 0 spiro atoms. The number of urea groups is 1. The number of nitrogens with zero attached hydrogens (tertiary/aromatic N) is 3. The maximum absolute atomic E-state index is 13.8. The van der Waals surface area contributed by atoms with E-state index in [-0.39, 0.29) is 21.8 Å². The molecule has 2 aromatic carbocycles. The molecular formula is C20H14F3N5O5S. The van der Waals surface area contributed by atoms with Gasteiger partial charge in [0.05, 0.1) is 27.5 Å². The number of amides is 2. The van der Waals surface area contributed by atoms with Crippen molar-refractivity contribution in [1.29, 1.82) is 0 Å². The van der Waals surface area contributed by atoms with Crippen LogP contribution in [0.3, 0.4) is 0 Å². The second kappa shape index (κ2) is 8.00. The Morgan fingerprint density at radius 2 is 1.85 bits per heavy atom. The number of aromatic nitrogens is 2. The zero-order valence-corrected chi connectivity index (χ0v) is 17.7. The van der Waals surface area contributed by atoms with Crippen LogP contribution in [0.15, 0.2) is 66.5 Å². The van der Waals surface area contributed by atoms with Crippen molar-refractivity contribution in [3.05, 3.63) is 78.4 Å². The van der Waals surface area contributed by atoms with Crippen LogP contribution in [0.2, 0.25) is 0 Å². The van der Waals surface area contributed by atoms with E-state index in [4.69, 9.17) is 5.11 Å². The first kappa shape index (κ1) is 23.0. The first-order valence-corrected chi connectivity index (χ1v) is 10.8. The van der Waals surface area contributed by atoms with Crippen LogP contribution >= 0.6 is 0 Å². The molecule has 0 aliphatic carbocycles. The highest BCUT2D eigenvalue weighted by Crippen LogP contribution is 2.41. The molecule has 3 aromatic rings. The SMILES string of the molecule is C=C1c2cc(-n3cnc(C(=O)O)c3)c(C(F)(F)F)cc2NC(=O)N1NS(=O)(=O)c1ccccc1. The fourth-order valence-electron chi connectivity index (χ4n) is 3.22. The molecule has 2 amide bonds. The molecule has 1 aromatic heterocycles. The summed E-state index contributed by atoms with van der Waals surface area (Å²) in [7, 11) is -4.23. The summed E-state index contributed by atoms with van der Waals surface area (Å²) in [4.78, 5) is 29.1. The molecule has 0 fully saturated rings. The number of rotatable bonds is 5. The average molecular weight is 493 g/mol. The van der Waals surface area contributed by atoms with E-state index in [2.05, 4.69) is 16.9 Å². The third-order valence-corrected chi connectivity index (χ3v) is 6.13. The fraction of sp³-hybridized carbons (Fsp3) is 0.0500. The molecule has 176 valence electrons. The first-order valence-electron chi connectivity index (χ1n) is 9.29. The quantitative estimate of drug-likeness (QED) is 0.500. The van der Waals surface area contributed by atoms with Gasteiger partial charge in [0.15, 0.2) is 5.69 Å². The Labute approximate surface area is 190 Å². The largest absolute Gasteiger partial charge is 0.476 e. The number of anilines is 1. The number of imidazole rings is 1. The molecule has 1 aliphatic heterocycles. The molecule has 4 rings (SSSR count). The van der Waals surface area contributed by atoms with Gasteiger partial charge in [-0.25, -0.2) is 28.0 Å². The summed E-state index contributed by atoms with van der Waals surface area (Å²) in [6.07, 6.45) is -3.10. The minimum Gasteiger partial charge on any atom is -0.476 e. The van der Waals surface area contributed by atoms with Gasteiger partial charge in [-0.1, -0.05) is 24.8 Å². The molecule has 34 heavy (non-hydrogen) atoms. The zero-order chi connectivity index (χ0) is 24.8. The highest BCUT2D eigenvalue weighted by atomic mass is 32.2. The van der Waals surface area contributed by atoms with E-state index in [9.17, 15) is 31.2 Å². The molecule has 10 nitrogen and oxygen atoms in total. The topological polar surface area (TPSA) is 134 Å². The Kier molecular flexibility index (Phi) is 5.41. The molecule has 0 bridgehead atoms. The van der Waals surface area contributed by atoms with Crippen LogP contribution in [0.5, 0.6) is 0 Å². The van der Waals surface area contributed by atoms with Crippen LogP contribution in [0.1, 0.15) is 21.6 Å². The third kappa shape index (κ3) is 4.11. The lowest BCUT2D eigenvalue weighted by Gasteiger charge is -2.32. The molecule has 1 aliphatic rings. The van der Waals surface area contributed by atoms with Gasteiger partial charge in [0.2, 0.25) is 0 Å². The number of hydrazine groups is 1. The van der Waals surface area contributed by atoms with Crippen molar-refractivity contribution in [2.45, 2.75) is 11.1 Å². The number of nitrogens with one attached hydrogen (secondary N) is 2. The lowest BCUT2D eigenvalue weighted by Crippen LogP contribution is -2.48. The number of hydrogen-bond donors (Lipinski definition) is 3. The van der Waals surface area contributed by atoms with Crippen molar-refractivity contribution in [2.75, 3.05) is 5.32 Å². The van der Waals surface area contributed by atoms with E-state index in [0.717, 1.165) is 23.2 Å². The first-order chi connectivity index (χ1) is 15.9. The predicted molar refractivity (Wildman–Crippen MR) is 112 cm³/mol. The van der Waals surface area contributed by atoms with Gasteiger partial charge in [0.25, 0.3) is 10.0 Å². The van der Waals surface area contributed by atoms with E-state index in [1.807, 2.05) is 4.83 Å². The molecule has 0 atom stereocenters. The molecule has 3 N–H and O–H groups in total. The van der Waals surface area contributed by atoms with Crippen LogP contribution in [-0.4, -0.2) is 40.1 Å². The number of halogens is 3. The minimum atomic E-state index is -4.88. The van der Waals surface area contributed by atoms with Gasteiger partial charge in [-0.15, -0.1) is 4.83 Å². The Morgan fingerprint density at radius 1 is 1.18 bits per heavy atom. The summed E-state index contributed by atoms with van der Waals surface area (Å²) < 4.78 is 67.5. The standard InChI is InChI=1S/C20H14F3N5O5S/c1-11-13-7-17(27-9-16(18(29)30)24-10-27)14(20(21,22)23)8-15(13)25-19(31)28(11)26-34(32,33)12-5-3-2-4-6-12/h2-10,26H,1H2,(H,25,31)(H,29,30). The Balaban J connectivity index is 1.79. The predicted octanol–water partition coefficient (Wildman–Crippen LogP) is 3.30. The summed E-state index contributed by atoms with van der Waals surface area (Å²) in [6, 6.07) is 7.67. The normalized spacial score (nSPS) is 14.0. The van der Waals surface area contributed by atoms with Gasteiger partial charge < -0.3 is 15.0 Å². The lowest BCUT2D eigenvalue weighted by molar-refractivity contribution is -0.137. The number of hydrogen-bond acceptors (Lipinski definition) is 5. The number of benzene rings is 2. The van der Waals surface area contributed by atoms with Crippen molar-refractivity contribution >= 4 is 33.4 Å². The molecule has 0 radical (unpaired) electrons. The van der Waals surface area contributed by atoms with Crippen LogP contribution < -0.4 is 10.1 Å². The van der Waals surface area contributed by atoms with Gasteiger partial charge >= 0.3 is 18.2 Å². The second-order valence-corrected chi connectivity index (χ2v) is 8.66. The van der Waals surface area contributed by atoms with E-state index in [1.54, 1.807) is 6.07 Å². The maximum atomic E-state index is 13.8. The Morgan fingerprint density at radius 3 is 2.44 bits per heavy atom. The Hall–Kier alpha value is -4.17. The number of carbonyl (C=O) groups excluding carboxylic acids is 1. The van der Waals surface area contributed by atoms with Gasteiger partial charge in [0.1, 0.15) is 6.33 Å². The summed E-state index contributed by atoms with van der Waals surface area (Å²) in [5.74, 6) is -1.44. The number of aromatic carboxylic acids is 1. The van der Waals surface area contributed by atoms with Crippen molar-refractivity contribution in [1.82, 2.24) is 19.4 Å². The van der Waals surface area contributed by atoms with Crippen LogP contribution in [0, 0.1) is 0 Å². The van der Waals surface area contributed by atoms with Crippen LogP contribution in [0.25, 0.3) is 11.4 Å². The van der Waals surface area contributed by atoms with E-state index < -0.39 is 45.1 Å². The van der Waals surface area contributed by atoms with Crippen molar-refractivity contribution < 1.29 is 36.3 Å². The number of fused-ring (bicyclic) bond motifs is 1. The molecule has 14 heteroatoms. The highest BCUT2D eigenvalue weighted by Gasteiger charge is 2.38. The van der Waals surface area contributed by atoms with Crippen molar-refractivity contribution in [3.8, 4) is 5.69 Å². The lowest BCUT2D eigenvalue weighted by atomic mass is 10.0. The van der Waals surface area contributed by atoms with Gasteiger partial charge in [-0.3, -0.25) is 0 Å². The second-order valence-electron chi connectivity index (χ2n) is 7.00. The summed E-state index contributed by atoms with van der Waals surface area (Å²) in [5, 5.41) is 11.8. The number of sulfonamides is 1. The third-order valence-electron chi connectivity index (χ3n) is 4.81. The zero-order valence-electron chi connectivity index (χ0n) is 16.9. The van der Waals surface area contributed by atoms with Crippen LogP contribution in [0.4, 0.5) is 23.7 Å². The van der Waals surface area contributed by atoms with E-state index >= 15 is 0 Å². The number of carboxylic acids is 1. The number of carbonyl (C=O) groups is 2. The molecular weight excluding hydrogens is 479 g/mol. The summed E-state index contributed by atoms with van der Waals surface area (Å²) in [6.45, 7) is 3.66. The van der Waals surface area contributed by atoms with Crippen molar-refractivity contribution in [3.63, 3.8) is 0 Å². The minimum absolute atomic E-state index is 0.0380. The smallest absolute Gasteiger partial charge is 0.418 e. The van der Waals surface area contributed by atoms with Gasteiger partial charge in [-0.05, 0) is 24.3 Å². The van der Waals surface area contributed by atoms with Gasteiger partial charge in [-0.2, -0.15) is 13.2 Å². The molecule has 0 saturated heterocycles. The maximum Gasteiger partial charge on any atom is 0.418 e. The molecule has 0 saturated carbocycles. The Bertz CT molecular complexity index is 1430. The van der Waals surface area contributed by atoms with Gasteiger partial charge in [0, 0.05) is 11.8 Å². The van der Waals surface area contributed by atoms with E-state index in [0.29, 0.717) is 11.1 Å². The average Bonchev–Trinajstić information content (AvgIpc) is 3.26. The summed E-state index contributed by atoms with van der Waals surface area (Å²) >= 11 is 0. The number of alkyl halides is 3. The molecule has 0 unspecified atom stereocenters. The highest BCUT2D eigenvalue weighted by molar-refractivity contribution is 7.89.